The first-order valence-electron chi connectivity index (χ1n) is 9.67. The molecule has 1 amide bonds. The summed E-state index contributed by atoms with van der Waals surface area (Å²) in [7, 11) is 0. The Labute approximate surface area is 174 Å². The monoisotopic (exact) mass is 419 g/mol. The van der Waals surface area contributed by atoms with Crippen molar-refractivity contribution < 1.29 is 9.32 Å². The number of likely N-dealkylation sites (tertiary alicyclic amines) is 1. The molecule has 0 radical (unpaired) electrons. The lowest BCUT2D eigenvalue weighted by Gasteiger charge is -2.32. The van der Waals surface area contributed by atoms with Crippen molar-refractivity contribution in [2.24, 2.45) is 10.7 Å². The van der Waals surface area contributed by atoms with Gasteiger partial charge < -0.3 is 20.9 Å². The fraction of sp³-hybridized carbons (Fsp3) is 0.474. The van der Waals surface area contributed by atoms with E-state index in [2.05, 4.69) is 30.7 Å². The topological polar surface area (TPSA) is 122 Å². The number of carbonyl (C=O) groups excluding carboxylic acids is 1. The summed E-state index contributed by atoms with van der Waals surface area (Å²) in [5.41, 5.74) is 6.06. The number of aliphatic imine (C=N–C) groups is 1. The van der Waals surface area contributed by atoms with Gasteiger partial charge in [-0.25, -0.2) is 4.99 Å². The van der Waals surface area contributed by atoms with Crippen LogP contribution in [0.4, 0.5) is 0 Å². The lowest BCUT2D eigenvalue weighted by molar-refractivity contribution is -0.119. The van der Waals surface area contributed by atoms with E-state index in [1.165, 1.54) is 0 Å². The Hall–Kier alpha value is -2.65. The minimum Gasteiger partial charge on any atom is -0.369 e. The van der Waals surface area contributed by atoms with Gasteiger partial charge in [0.1, 0.15) is 6.54 Å². The van der Waals surface area contributed by atoms with Gasteiger partial charge >= 0.3 is 0 Å². The molecule has 156 valence electrons. The van der Waals surface area contributed by atoms with E-state index in [-0.39, 0.29) is 18.5 Å². The van der Waals surface area contributed by atoms with Crippen LogP contribution >= 0.6 is 11.6 Å². The van der Waals surface area contributed by atoms with Crippen LogP contribution in [0, 0.1) is 0 Å². The maximum absolute atomic E-state index is 11.1. The lowest BCUT2D eigenvalue weighted by Crippen LogP contribution is -2.49. The number of hydrogen-bond donors (Lipinski definition) is 3. The summed E-state index contributed by atoms with van der Waals surface area (Å²) < 4.78 is 5.31. The summed E-state index contributed by atoms with van der Waals surface area (Å²) in [6.07, 6.45) is 1.83. The molecule has 1 aliphatic heterocycles. The molecule has 1 aliphatic rings. The van der Waals surface area contributed by atoms with Crippen LogP contribution in [0.3, 0.4) is 0 Å². The van der Waals surface area contributed by atoms with Gasteiger partial charge in [-0.1, -0.05) is 28.9 Å². The van der Waals surface area contributed by atoms with Crippen molar-refractivity contribution >= 4 is 23.5 Å². The van der Waals surface area contributed by atoms with Crippen molar-refractivity contribution in [3.63, 3.8) is 0 Å². The van der Waals surface area contributed by atoms with Crippen LogP contribution < -0.4 is 16.4 Å². The summed E-state index contributed by atoms with van der Waals surface area (Å²) in [5, 5.41) is 11.3. The molecular weight excluding hydrogens is 394 g/mol. The highest BCUT2D eigenvalue weighted by molar-refractivity contribution is 6.30. The first-order chi connectivity index (χ1) is 14.0. The maximum Gasteiger partial charge on any atom is 0.248 e. The number of nitrogens with two attached hydrogens (primary N) is 1. The van der Waals surface area contributed by atoms with Crippen LogP contribution in [-0.2, 0) is 11.3 Å². The van der Waals surface area contributed by atoms with Crippen molar-refractivity contribution in [2.75, 3.05) is 26.2 Å². The van der Waals surface area contributed by atoms with Crippen molar-refractivity contribution in [2.45, 2.75) is 32.4 Å². The van der Waals surface area contributed by atoms with Gasteiger partial charge in [0.25, 0.3) is 0 Å². The largest absolute Gasteiger partial charge is 0.369 e. The van der Waals surface area contributed by atoms with Crippen LogP contribution in [0.1, 0.15) is 25.7 Å². The molecule has 0 saturated carbocycles. The third kappa shape index (κ3) is 6.43. The first-order valence-corrected chi connectivity index (χ1v) is 10.1. The normalized spacial score (nSPS) is 16.0. The van der Waals surface area contributed by atoms with Gasteiger partial charge in [0, 0.05) is 36.3 Å². The average Bonchev–Trinajstić information content (AvgIpc) is 3.16. The fourth-order valence-corrected chi connectivity index (χ4v) is 3.37. The Morgan fingerprint density at radius 3 is 2.90 bits per heavy atom. The average molecular weight is 420 g/mol. The highest BCUT2D eigenvalue weighted by Crippen LogP contribution is 2.20. The van der Waals surface area contributed by atoms with Crippen molar-refractivity contribution in [1.29, 1.82) is 0 Å². The molecule has 0 spiro atoms. The molecule has 10 heteroatoms. The number of halogens is 1. The van der Waals surface area contributed by atoms with Gasteiger partial charge in [-0.05, 0) is 31.9 Å². The van der Waals surface area contributed by atoms with E-state index in [1.807, 2.05) is 19.1 Å². The first kappa shape index (κ1) is 21.1. The summed E-state index contributed by atoms with van der Waals surface area (Å²) >= 11 is 6.01. The second kappa shape index (κ2) is 10.2. The molecule has 9 nitrogen and oxygen atoms in total. The Balaban J connectivity index is 1.56. The maximum atomic E-state index is 11.1. The van der Waals surface area contributed by atoms with E-state index in [4.69, 9.17) is 21.9 Å². The van der Waals surface area contributed by atoms with Crippen LogP contribution in [0.15, 0.2) is 33.8 Å². The number of piperidine rings is 1. The van der Waals surface area contributed by atoms with Gasteiger partial charge in [0.05, 0.1) is 6.54 Å². The molecule has 3 rings (SSSR count). The number of primary amides is 1. The Bertz CT molecular complexity index is 847. The van der Waals surface area contributed by atoms with Gasteiger partial charge in [-0.15, -0.1) is 0 Å². The third-order valence-corrected chi connectivity index (χ3v) is 4.81. The second-order valence-corrected chi connectivity index (χ2v) is 7.31. The Morgan fingerprint density at radius 1 is 1.41 bits per heavy atom. The molecular formula is C19H26ClN7O2. The van der Waals surface area contributed by atoms with E-state index in [1.54, 1.807) is 12.1 Å². The molecule has 4 N–H and O–H groups in total. The number of aromatic nitrogens is 2. The summed E-state index contributed by atoms with van der Waals surface area (Å²) in [5.74, 6) is 1.32. The van der Waals surface area contributed by atoms with E-state index < -0.39 is 0 Å². The molecule has 2 aromatic rings. The number of nitrogens with one attached hydrogen (secondary N) is 2. The van der Waals surface area contributed by atoms with Crippen LogP contribution in [0.25, 0.3) is 11.4 Å². The number of amides is 1. The number of rotatable bonds is 7. The highest BCUT2D eigenvalue weighted by atomic mass is 35.5. The van der Waals surface area contributed by atoms with E-state index >= 15 is 0 Å². The summed E-state index contributed by atoms with van der Waals surface area (Å²) in [6.45, 7) is 4.98. The standard InChI is InChI=1S/C19H26ClN7O2/c1-2-22-19(24-15-6-8-27(9-7-15)12-16(21)28)23-11-17-25-18(26-29-17)13-4-3-5-14(20)10-13/h3-5,10,15H,2,6-9,11-12H2,1H3,(H2,21,28)(H2,22,23,24). The van der Waals surface area contributed by atoms with Crippen molar-refractivity contribution in [1.82, 2.24) is 25.7 Å². The molecule has 1 saturated heterocycles. The molecule has 0 atom stereocenters. The SMILES string of the molecule is CCNC(=NCc1nc(-c2cccc(Cl)c2)no1)NC1CCN(CC(N)=O)CC1. The minimum atomic E-state index is -0.289. The van der Waals surface area contributed by atoms with Gasteiger partial charge in [-0.3, -0.25) is 9.69 Å². The van der Waals surface area contributed by atoms with Gasteiger partial charge in [0.15, 0.2) is 5.96 Å². The van der Waals surface area contributed by atoms with Gasteiger partial charge in [0.2, 0.25) is 17.6 Å². The van der Waals surface area contributed by atoms with Crippen molar-refractivity contribution in [3.8, 4) is 11.4 Å². The molecule has 2 heterocycles. The van der Waals surface area contributed by atoms with Crippen LogP contribution in [0.2, 0.25) is 5.02 Å². The number of benzene rings is 1. The summed E-state index contributed by atoms with van der Waals surface area (Å²) in [6, 6.07) is 7.58. The Kier molecular flexibility index (Phi) is 7.42. The zero-order chi connectivity index (χ0) is 20.6. The number of nitrogens with zero attached hydrogens (tertiary/aromatic N) is 4. The molecule has 1 aromatic carbocycles. The van der Waals surface area contributed by atoms with Crippen LogP contribution in [-0.4, -0.2) is 59.1 Å². The minimum absolute atomic E-state index is 0.267. The fourth-order valence-electron chi connectivity index (χ4n) is 3.18. The second-order valence-electron chi connectivity index (χ2n) is 6.88. The van der Waals surface area contributed by atoms with Crippen molar-refractivity contribution in [3.05, 3.63) is 35.2 Å². The molecule has 1 fully saturated rings. The number of hydrogen-bond acceptors (Lipinski definition) is 6. The predicted molar refractivity (Wildman–Crippen MR) is 111 cm³/mol. The quantitative estimate of drug-likeness (QED) is 0.458. The molecule has 0 aliphatic carbocycles. The zero-order valence-corrected chi connectivity index (χ0v) is 17.2. The van der Waals surface area contributed by atoms with E-state index in [0.717, 1.165) is 38.0 Å². The molecule has 0 bridgehead atoms. The number of guanidine groups is 1. The van der Waals surface area contributed by atoms with E-state index in [0.29, 0.717) is 29.2 Å². The zero-order valence-electron chi connectivity index (χ0n) is 16.4. The Morgan fingerprint density at radius 2 is 2.21 bits per heavy atom. The molecule has 29 heavy (non-hydrogen) atoms. The van der Waals surface area contributed by atoms with Gasteiger partial charge in [-0.2, -0.15) is 4.98 Å². The number of carbonyl (C=O) groups is 1. The molecule has 0 unspecified atom stereocenters. The predicted octanol–water partition coefficient (Wildman–Crippen LogP) is 1.39. The van der Waals surface area contributed by atoms with Crippen LogP contribution in [0.5, 0.6) is 0 Å². The third-order valence-electron chi connectivity index (χ3n) is 4.58. The summed E-state index contributed by atoms with van der Waals surface area (Å²) in [4.78, 5) is 22.1. The lowest BCUT2D eigenvalue weighted by atomic mass is 10.1. The highest BCUT2D eigenvalue weighted by Gasteiger charge is 2.21. The van der Waals surface area contributed by atoms with E-state index in [9.17, 15) is 4.79 Å². The molecule has 1 aromatic heterocycles. The smallest absolute Gasteiger partial charge is 0.248 e.